The topological polar surface area (TPSA) is 42.0 Å². The number of azo groups is 1. The van der Waals surface area contributed by atoms with Crippen LogP contribution in [0.1, 0.15) is 22.3 Å². The average molecular weight is 354 g/mol. The average Bonchev–Trinajstić information content (AvgIpc) is 3.00. The Morgan fingerprint density at radius 1 is 0.741 bits per heavy atom. The third kappa shape index (κ3) is 3.38. The maximum absolute atomic E-state index is 4.83. The maximum Gasteiger partial charge on any atom is 0.187 e. The van der Waals surface area contributed by atoms with Crippen LogP contribution in [0.3, 0.4) is 0 Å². The number of hydrogen-bond donors (Lipinski definition) is 0. The van der Waals surface area contributed by atoms with Crippen LogP contribution in [-0.2, 0) is 0 Å². The van der Waals surface area contributed by atoms with Gasteiger partial charge in [0.2, 0.25) is 0 Å². The molecule has 0 aliphatic carbocycles. The lowest BCUT2D eigenvalue weighted by atomic mass is 10.1. The van der Waals surface area contributed by atoms with Crippen LogP contribution in [0.15, 0.2) is 71.0 Å². The number of hydrogen-bond acceptors (Lipinski definition) is 3. The van der Waals surface area contributed by atoms with Gasteiger partial charge in [-0.1, -0.05) is 42.0 Å². The molecule has 2 aromatic carbocycles. The van der Waals surface area contributed by atoms with E-state index in [9.17, 15) is 0 Å². The van der Waals surface area contributed by atoms with E-state index >= 15 is 0 Å². The molecule has 134 valence electrons. The van der Waals surface area contributed by atoms with Crippen LogP contribution >= 0.6 is 0 Å². The van der Waals surface area contributed by atoms with Crippen molar-refractivity contribution < 1.29 is 0 Å². The molecule has 0 saturated heterocycles. The van der Waals surface area contributed by atoms with Gasteiger partial charge >= 0.3 is 0 Å². The first kappa shape index (κ1) is 17.2. The van der Waals surface area contributed by atoms with Gasteiger partial charge in [-0.15, -0.1) is 10.2 Å². The Bertz CT molecular complexity index is 1150. The molecule has 4 rings (SSSR count). The van der Waals surface area contributed by atoms with E-state index < -0.39 is 0 Å². The molecule has 4 heteroatoms. The molecule has 0 aliphatic rings. The van der Waals surface area contributed by atoms with E-state index in [1.165, 1.54) is 16.7 Å². The van der Waals surface area contributed by atoms with Crippen molar-refractivity contribution in [1.29, 1.82) is 0 Å². The van der Waals surface area contributed by atoms with E-state index in [1.807, 2.05) is 17.5 Å². The van der Waals surface area contributed by atoms with E-state index in [0.29, 0.717) is 0 Å². The number of imidazole rings is 1. The number of pyridine rings is 1. The maximum atomic E-state index is 4.83. The Morgan fingerprint density at radius 3 is 2.22 bits per heavy atom. The van der Waals surface area contributed by atoms with E-state index in [0.717, 1.165) is 34.0 Å². The number of aryl methyl sites for hydroxylation is 4. The largest absolute Gasteiger partial charge is 0.283 e. The molecular weight excluding hydrogens is 332 g/mol. The molecule has 0 N–H and O–H groups in total. The standard InChI is InChI=1S/C23H22N4/c1-15-6-9-19(10-7-15)22-23(27-12-11-17(3)14-21(27)24-22)26-25-20-13-16(2)5-8-18(20)4/h5-14H,1-4H3. The summed E-state index contributed by atoms with van der Waals surface area (Å²) >= 11 is 0. The summed E-state index contributed by atoms with van der Waals surface area (Å²) in [5.74, 6) is 0.745. The van der Waals surface area contributed by atoms with Crippen LogP contribution < -0.4 is 0 Å². The molecule has 0 aliphatic heterocycles. The Morgan fingerprint density at radius 2 is 1.44 bits per heavy atom. The van der Waals surface area contributed by atoms with Gasteiger partial charge in [-0.25, -0.2) is 4.98 Å². The van der Waals surface area contributed by atoms with Gasteiger partial charge in [-0.2, -0.15) is 0 Å². The highest BCUT2D eigenvalue weighted by molar-refractivity contribution is 5.74. The Balaban J connectivity index is 1.89. The molecular formula is C23H22N4. The van der Waals surface area contributed by atoms with Gasteiger partial charge in [0.15, 0.2) is 5.82 Å². The monoisotopic (exact) mass is 354 g/mol. The van der Waals surface area contributed by atoms with E-state index in [4.69, 9.17) is 4.98 Å². The van der Waals surface area contributed by atoms with Crippen molar-refractivity contribution in [3.63, 3.8) is 0 Å². The van der Waals surface area contributed by atoms with Crippen molar-refractivity contribution in [2.24, 2.45) is 10.2 Å². The minimum absolute atomic E-state index is 0.745. The third-order valence-electron chi connectivity index (χ3n) is 4.70. The fourth-order valence-corrected chi connectivity index (χ4v) is 3.06. The first-order valence-electron chi connectivity index (χ1n) is 9.06. The Kier molecular flexibility index (Phi) is 4.32. The van der Waals surface area contributed by atoms with Crippen molar-refractivity contribution in [2.75, 3.05) is 0 Å². The Labute approximate surface area is 159 Å². The normalized spacial score (nSPS) is 11.6. The lowest BCUT2D eigenvalue weighted by molar-refractivity contribution is 1.09. The molecule has 0 amide bonds. The minimum Gasteiger partial charge on any atom is -0.283 e. The zero-order valence-corrected chi connectivity index (χ0v) is 16.1. The van der Waals surface area contributed by atoms with Gasteiger partial charge in [0, 0.05) is 11.8 Å². The summed E-state index contributed by atoms with van der Waals surface area (Å²) in [6, 6.07) is 18.7. The zero-order valence-electron chi connectivity index (χ0n) is 16.1. The molecule has 2 heterocycles. The number of nitrogens with zero attached hydrogens (tertiary/aromatic N) is 4. The summed E-state index contributed by atoms with van der Waals surface area (Å²) in [5.41, 5.74) is 8.30. The molecule has 0 radical (unpaired) electrons. The first-order chi connectivity index (χ1) is 13.0. The quantitative estimate of drug-likeness (QED) is 0.380. The molecule has 0 spiro atoms. The highest BCUT2D eigenvalue weighted by Gasteiger charge is 2.14. The summed E-state index contributed by atoms with van der Waals surface area (Å²) in [4.78, 5) is 4.83. The summed E-state index contributed by atoms with van der Waals surface area (Å²) < 4.78 is 2.00. The van der Waals surface area contributed by atoms with Crippen molar-refractivity contribution in [3.05, 3.63) is 83.0 Å². The molecule has 4 nitrogen and oxygen atoms in total. The predicted octanol–water partition coefficient (Wildman–Crippen LogP) is 6.65. The van der Waals surface area contributed by atoms with Crippen LogP contribution in [0, 0.1) is 27.7 Å². The van der Waals surface area contributed by atoms with Crippen LogP contribution in [0.2, 0.25) is 0 Å². The number of fused-ring (bicyclic) bond motifs is 1. The molecule has 0 unspecified atom stereocenters. The lowest BCUT2D eigenvalue weighted by Crippen LogP contribution is -1.84. The summed E-state index contributed by atoms with van der Waals surface area (Å²) in [6.45, 7) is 8.26. The minimum atomic E-state index is 0.745. The zero-order chi connectivity index (χ0) is 19.0. The molecule has 27 heavy (non-hydrogen) atoms. The third-order valence-corrected chi connectivity index (χ3v) is 4.70. The van der Waals surface area contributed by atoms with Crippen LogP contribution in [0.25, 0.3) is 16.9 Å². The fourth-order valence-electron chi connectivity index (χ4n) is 3.06. The van der Waals surface area contributed by atoms with Gasteiger partial charge in [0.05, 0.1) is 5.69 Å². The van der Waals surface area contributed by atoms with E-state index in [-0.39, 0.29) is 0 Å². The number of benzene rings is 2. The molecule has 2 aromatic heterocycles. The molecule has 0 saturated carbocycles. The van der Waals surface area contributed by atoms with Crippen LogP contribution in [0.5, 0.6) is 0 Å². The predicted molar refractivity (Wildman–Crippen MR) is 110 cm³/mol. The van der Waals surface area contributed by atoms with Crippen molar-refractivity contribution >= 4 is 17.2 Å². The SMILES string of the molecule is Cc1ccc(-c2nc3cc(C)ccn3c2N=Nc2cc(C)ccc2C)cc1. The van der Waals surface area contributed by atoms with Gasteiger partial charge in [-0.05, 0) is 62.6 Å². The molecule has 0 bridgehead atoms. The lowest BCUT2D eigenvalue weighted by Gasteiger charge is -2.02. The van der Waals surface area contributed by atoms with Gasteiger partial charge in [-0.3, -0.25) is 4.40 Å². The second kappa shape index (κ2) is 6.80. The van der Waals surface area contributed by atoms with Crippen molar-refractivity contribution in [2.45, 2.75) is 27.7 Å². The molecule has 4 aromatic rings. The summed E-state index contributed by atoms with van der Waals surface area (Å²) in [5, 5.41) is 9.17. The smallest absolute Gasteiger partial charge is 0.187 e. The summed E-state index contributed by atoms with van der Waals surface area (Å²) in [7, 11) is 0. The van der Waals surface area contributed by atoms with Gasteiger partial charge in [0.1, 0.15) is 11.3 Å². The number of aromatic nitrogens is 2. The second-order valence-corrected chi connectivity index (χ2v) is 7.07. The highest BCUT2D eigenvalue weighted by Crippen LogP contribution is 2.33. The van der Waals surface area contributed by atoms with E-state index in [2.05, 4.69) is 85.6 Å². The van der Waals surface area contributed by atoms with E-state index in [1.54, 1.807) is 0 Å². The van der Waals surface area contributed by atoms with Gasteiger partial charge < -0.3 is 0 Å². The second-order valence-electron chi connectivity index (χ2n) is 7.07. The molecule has 0 atom stereocenters. The van der Waals surface area contributed by atoms with Crippen molar-refractivity contribution in [3.8, 4) is 11.3 Å². The van der Waals surface area contributed by atoms with Crippen LogP contribution in [0.4, 0.5) is 11.5 Å². The Hall–Kier alpha value is -3.27. The molecule has 0 fully saturated rings. The van der Waals surface area contributed by atoms with Crippen LogP contribution in [-0.4, -0.2) is 9.38 Å². The van der Waals surface area contributed by atoms with Crippen molar-refractivity contribution in [1.82, 2.24) is 9.38 Å². The highest BCUT2D eigenvalue weighted by atomic mass is 15.2. The summed E-state index contributed by atoms with van der Waals surface area (Å²) in [6.07, 6.45) is 2.01. The first-order valence-corrected chi connectivity index (χ1v) is 9.06. The fraction of sp³-hybridized carbons (Fsp3) is 0.174. The van der Waals surface area contributed by atoms with Gasteiger partial charge in [0.25, 0.3) is 0 Å². The number of rotatable bonds is 3.